The van der Waals surface area contributed by atoms with Gasteiger partial charge >= 0.3 is 11.9 Å². The van der Waals surface area contributed by atoms with Crippen molar-refractivity contribution in [3.05, 3.63) is 71.9 Å². The van der Waals surface area contributed by atoms with Crippen molar-refractivity contribution in [3.8, 4) is 11.4 Å². The number of fused-ring (bicyclic) bond motifs is 3. The Kier molecular flexibility index (Phi) is 5.76. The van der Waals surface area contributed by atoms with Crippen molar-refractivity contribution in [2.75, 3.05) is 6.61 Å². The predicted molar refractivity (Wildman–Crippen MR) is 122 cm³/mol. The minimum atomic E-state index is -0.388. The van der Waals surface area contributed by atoms with E-state index in [0.717, 1.165) is 27.7 Å². The van der Waals surface area contributed by atoms with Gasteiger partial charge in [-0.1, -0.05) is 49.4 Å². The van der Waals surface area contributed by atoms with E-state index in [0.29, 0.717) is 29.5 Å². The first kappa shape index (κ1) is 20.7. The lowest BCUT2D eigenvalue weighted by Crippen LogP contribution is -2.08. The van der Waals surface area contributed by atoms with E-state index in [4.69, 9.17) is 9.47 Å². The third kappa shape index (κ3) is 3.67. The monoisotopic (exact) mass is 415 g/mol. The quantitative estimate of drug-likeness (QED) is 0.287. The second-order valence-electron chi connectivity index (χ2n) is 7.39. The van der Waals surface area contributed by atoms with Crippen LogP contribution in [0.4, 0.5) is 0 Å². The highest BCUT2D eigenvalue weighted by Gasteiger charge is 2.25. The molecule has 0 aliphatic rings. The van der Waals surface area contributed by atoms with Crippen LogP contribution < -0.4 is 4.74 Å². The van der Waals surface area contributed by atoms with Crippen molar-refractivity contribution < 1.29 is 19.1 Å². The Morgan fingerprint density at radius 3 is 2.26 bits per heavy atom. The van der Waals surface area contributed by atoms with E-state index in [1.165, 1.54) is 0 Å². The lowest BCUT2D eigenvalue weighted by molar-refractivity contribution is -0.134. The van der Waals surface area contributed by atoms with Crippen molar-refractivity contribution in [2.45, 2.75) is 33.6 Å². The fraction of sp³-hybridized carbons (Fsp3) is 0.231. The lowest BCUT2D eigenvalue weighted by Gasteiger charge is -2.12. The molecule has 4 rings (SSSR count). The molecule has 1 aromatic heterocycles. The third-order valence-corrected chi connectivity index (χ3v) is 5.34. The summed E-state index contributed by atoms with van der Waals surface area (Å²) in [6, 6.07) is 19.5. The van der Waals surface area contributed by atoms with E-state index in [2.05, 4.69) is 4.57 Å². The zero-order valence-electron chi connectivity index (χ0n) is 18.0. The van der Waals surface area contributed by atoms with Crippen LogP contribution in [0.25, 0.3) is 27.4 Å². The summed E-state index contributed by atoms with van der Waals surface area (Å²) in [5.41, 5.74) is 3.10. The molecule has 3 aromatic carbocycles. The maximum Gasteiger partial charge on any atom is 0.340 e. The first-order valence-corrected chi connectivity index (χ1v) is 10.6. The summed E-state index contributed by atoms with van der Waals surface area (Å²) >= 11 is 0. The van der Waals surface area contributed by atoms with Crippen LogP contribution in [0, 0.1) is 6.92 Å². The van der Waals surface area contributed by atoms with Crippen molar-refractivity contribution in [3.63, 3.8) is 0 Å². The number of rotatable bonds is 6. The average molecular weight is 415 g/mol. The van der Waals surface area contributed by atoms with E-state index < -0.39 is 0 Å². The summed E-state index contributed by atoms with van der Waals surface area (Å²) in [6.45, 7) is 5.92. The second kappa shape index (κ2) is 8.64. The molecule has 0 unspecified atom stereocenters. The molecule has 0 spiro atoms. The number of benzene rings is 3. The summed E-state index contributed by atoms with van der Waals surface area (Å²) in [6.07, 6.45) is 1.04. The van der Waals surface area contributed by atoms with Gasteiger partial charge in [0.15, 0.2) is 0 Å². The summed E-state index contributed by atoms with van der Waals surface area (Å²) in [7, 11) is 0. The normalized spacial score (nSPS) is 11.1. The van der Waals surface area contributed by atoms with Crippen LogP contribution in [0.1, 0.15) is 42.7 Å². The summed E-state index contributed by atoms with van der Waals surface area (Å²) in [4.78, 5) is 25.2. The number of nitrogens with zero attached hydrogens (tertiary/aromatic N) is 1. The fourth-order valence-electron chi connectivity index (χ4n) is 4.06. The maximum atomic E-state index is 13.0. The van der Waals surface area contributed by atoms with Crippen LogP contribution in [-0.4, -0.2) is 23.1 Å². The van der Waals surface area contributed by atoms with Crippen molar-refractivity contribution in [1.29, 1.82) is 0 Å². The molecule has 0 aliphatic carbocycles. The summed E-state index contributed by atoms with van der Waals surface area (Å²) in [5.74, 6) is -0.220. The Bertz CT molecular complexity index is 1270. The molecule has 0 N–H and O–H groups in total. The maximum absolute atomic E-state index is 13.0. The highest BCUT2D eigenvalue weighted by molar-refractivity contribution is 6.17. The van der Waals surface area contributed by atoms with Gasteiger partial charge in [0.25, 0.3) is 0 Å². The number of hydrogen-bond acceptors (Lipinski definition) is 4. The van der Waals surface area contributed by atoms with Gasteiger partial charge in [0.05, 0.1) is 17.7 Å². The van der Waals surface area contributed by atoms with Gasteiger partial charge in [-0.15, -0.1) is 0 Å². The first-order valence-electron chi connectivity index (χ1n) is 10.6. The number of aromatic nitrogens is 1. The van der Waals surface area contributed by atoms with Crippen LogP contribution in [0.15, 0.2) is 60.7 Å². The van der Waals surface area contributed by atoms with E-state index in [1.54, 1.807) is 13.0 Å². The first-order chi connectivity index (χ1) is 15.1. The van der Waals surface area contributed by atoms with E-state index in [1.807, 2.05) is 68.4 Å². The molecule has 0 aliphatic heterocycles. The Morgan fingerprint density at radius 1 is 0.903 bits per heavy atom. The number of hydrogen-bond donors (Lipinski definition) is 0. The lowest BCUT2D eigenvalue weighted by atomic mass is 10.0. The molecule has 0 bridgehead atoms. The standard InChI is InChI=1S/C26H25NO4/c1-4-11-23(28)31-22-16-21-24(26(29)30-5-2)17(3)27(18-12-7-6-8-13-18)25(21)20-15-10-9-14-19(20)22/h6-10,12-16H,4-5,11H2,1-3H3. The van der Waals surface area contributed by atoms with Gasteiger partial charge in [-0.05, 0) is 38.5 Å². The van der Waals surface area contributed by atoms with Crippen molar-refractivity contribution in [2.24, 2.45) is 0 Å². The van der Waals surface area contributed by atoms with Crippen molar-refractivity contribution >= 4 is 33.6 Å². The molecule has 0 fully saturated rings. The molecule has 0 amide bonds. The highest BCUT2D eigenvalue weighted by Crippen LogP contribution is 2.39. The molecule has 5 heteroatoms. The Morgan fingerprint density at radius 2 is 1.58 bits per heavy atom. The van der Waals surface area contributed by atoms with Gasteiger partial charge in [0.1, 0.15) is 5.75 Å². The van der Waals surface area contributed by atoms with Gasteiger partial charge in [0, 0.05) is 34.0 Å². The second-order valence-corrected chi connectivity index (χ2v) is 7.39. The van der Waals surface area contributed by atoms with E-state index in [9.17, 15) is 9.59 Å². The van der Waals surface area contributed by atoms with Gasteiger partial charge < -0.3 is 14.0 Å². The van der Waals surface area contributed by atoms with Crippen LogP contribution in [-0.2, 0) is 9.53 Å². The molecule has 31 heavy (non-hydrogen) atoms. The molecular formula is C26H25NO4. The Hall–Kier alpha value is -3.60. The third-order valence-electron chi connectivity index (χ3n) is 5.34. The summed E-state index contributed by atoms with van der Waals surface area (Å²) < 4.78 is 13.2. The fourth-order valence-corrected chi connectivity index (χ4v) is 4.06. The smallest absolute Gasteiger partial charge is 0.340 e. The predicted octanol–water partition coefficient (Wildman–Crippen LogP) is 5.97. The highest BCUT2D eigenvalue weighted by atomic mass is 16.5. The van der Waals surface area contributed by atoms with Crippen molar-refractivity contribution in [1.82, 2.24) is 4.57 Å². The molecule has 0 radical (unpaired) electrons. The topological polar surface area (TPSA) is 57.5 Å². The van der Waals surface area contributed by atoms with E-state index >= 15 is 0 Å². The number of carbonyl (C=O) groups is 2. The van der Waals surface area contributed by atoms with Gasteiger partial charge in [-0.3, -0.25) is 4.79 Å². The molecule has 1 heterocycles. The zero-order chi connectivity index (χ0) is 22.0. The van der Waals surface area contributed by atoms with Crippen LogP contribution in [0.3, 0.4) is 0 Å². The Labute approximate surface area is 181 Å². The van der Waals surface area contributed by atoms with Gasteiger partial charge in [-0.2, -0.15) is 0 Å². The molecule has 5 nitrogen and oxygen atoms in total. The minimum absolute atomic E-state index is 0.280. The largest absolute Gasteiger partial charge is 0.462 e. The number of ether oxygens (including phenoxy) is 2. The van der Waals surface area contributed by atoms with Gasteiger partial charge in [-0.25, -0.2) is 4.79 Å². The molecule has 4 aromatic rings. The average Bonchev–Trinajstić information content (AvgIpc) is 3.06. The zero-order valence-corrected chi connectivity index (χ0v) is 18.0. The van der Waals surface area contributed by atoms with Crippen LogP contribution >= 0.6 is 0 Å². The number of para-hydroxylation sites is 1. The molecule has 0 saturated heterocycles. The van der Waals surface area contributed by atoms with Crippen LogP contribution in [0.5, 0.6) is 5.75 Å². The number of esters is 2. The summed E-state index contributed by atoms with van der Waals surface area (Å²) in [5, 5.41) is 2.43. The number of carbonyl (C=O) groups excluding carboxylic acids is 2. The minimum Gasteiger partial charge on any atom is -0.462 e. The molecule has 0 saturated carbocycles. The molecular weight excluding hydrogens is 390 g/mol. The van der Waals surface area contributed by atoms with Gasteiger partial charge in [0.2, 0.25) is 0 Å². The van der Waals surface area contributed by atoms with Crippen LogP contribution in [0.2, 0.25) is 0 Å². The molecule has 0 atom stereocenters. The van der Waals surface area contributed by atoms with E-state index in [-0.39, 0.29) is 18.5 Å². The Balaban J connectivity index is 2.10. The SMILES string of the molecule is CCCC(=O)Oc1cc2c(C(=O)OCC)c(C)n(-c3ccccc3)c2c2ccccc12. The molecule has 158 valence electrons.